The number of benzene rings is 1. The van der Waals surface area contributed by atoms with Crippen LogP contribution in [0.2, 0.25) is 0 Å². The minimum absolute atomic E-state index is 0.0641. The summed E-state index contributed by atoms with van der Waals surface area (Å²) >= 11 is 0. The molecule has 3 rings (SSSR count). The summed E-state index contributed by atoms with van der Waals surface area (Å²) in [5, 5.41) is 0. The van der Waals surface area contributed by atoms with Gasteiger partial charge in [0.25, 0.3) is 10.0 Å². The van der Waals surface area contributed by atoms with Gasteiger partial charge in [-0.3, -0.25) is 4.72 Å². The van der Waals surface area contributed by atoms with E-state index in [4.69, 9.17) is 14.2 Å². The molecular weight excluding hydrogens is 358 g/mol. The second-order valence-electron chi connectivity index (χ2n) is 5.62. The monoisotopic (exact) mass is 379 g/mol. The highest BCUT2D eigenvalue weighted by Crippen LogP contribution is 2.30. The molecule has 1 aliphatic rings. The molecule has 1 fully saturated rings. The topological polar surface area (TPSA) is 90.0 Å². The first-order valence-corrected chi connectivity index (χ1v) is 9.55. The zero-order chi connectivity index (χ0) is 18.6. The highest BCUT2D eigenvalue weighted by atomic mass is 32.2. The smallest absolute Gasteiger partial charge is 0.263 e. The van der Waals surface area contributed by atoms with Crippen LogP contribution < -0.4 is 19.1 Å². The van der Waals surface area contributed by atoms with E-state index in [0.29, 0.717) is 24.7 Å². The van der Waals surface area contributed by atoms with Gasteiger partial charge in [-0.25, -0.2) is 13.4 Å². The number of rotatable bonds is 6. The van der Waals surface area contributed by atoms with Crippen LogP contribution >= 0.6 is 0 Å². The van der Waals surface area contributed by atoms with Gasteiger partial charge in [0.1, 0.15) is 5.82 Å². The number of aromatic nitrogens is 1. The first-order chi connectivity index (χ1) is 12.5. The van der Waals surface area contributed by atoms with Gasteiger partial charge in [0.15, 0.2) is 11.5 Å². The molecule has 2 heterocycles. The van der Waals surface area contributed by atoms with Crippen LogP contribution in [-0.2, 0) is 14.8 Å². The Balaban J connectivity index is 1.76. The van der Waals surface area contributed by atoms with Crippen molar-refractivity contribution in [2.45, 2.75) is 4.90 Å². The second kappa shape index (κ2) is 7.79. The number of anilines is 2. The molecule has 1 aromatic carbocycles. The van der Waals surface area contributed by atoms with Crippen molar-refractivity contribution in [1.82, 2.24) is 4.98 Å². The average Bonchev–Trinajstić information content (AvgIpc) is 2.68. The highest BCUT2D eigenvalue weighted by Gasteiger charge is 2.18. The number of hydrogen-bond donors (Lipinski definition) is 1. The van der Waals surface area contributed by atoms with Gasteiger partial charge in [-0.15, -0.1) is 0 Å². The third-order valence-corrected chi connectivity index (χ3v) is 5.38. The number of ether oxygens (including phenoxy) is 3. The summed E-state index contributed by atoms with van der Waals surface area (Å²) in [6.07, 6.45) is 1.65. The minimum atomic E-state index is -3.79. The Hall–Kier alpha value is -2.52. The third kappa shape index (κ3) is 4.00. The Bertz CT molecular complexity index is 849. The first kappa shape index (κ1) is 18.3. The number of sulfonamides is 1. The van der Waals surface area contributed by atoms with Crippen molar-refractivity contribution in [3.8, 4) is 11.5 Å². The molecule has 26 heavy (non-hydrogen) atoms. The Morgan fingerprint density at radius 3 is 2.42 bits per heavy atom. The van der Waals surface area contributed by atoms with Crippen LogP contribution in [-0.4, -0.2) is 53.9 Å². The fourth-order valence-electron chi connectivity index (χ4n) is 2.64. The molecule has 8 nitrogen and oxygen atoms in total. The van der Waals surface area contributed by atoms with E-state index >= 15 is 0 Å². The lowest BCUT2D eigenvalue weighted by Crippen LogP contribution is -2.36. The average molecular weight is 379 g/mol. The van der Waals surface area contributed by atoms with E-state index in [1.165, 1.54) is 26.4 Å². The van der Waals surface area contributed by atoms with Gasteiger partial charge in [0, 0.05) is 19.2 Å². The van der Waals surface area contributed by atoms with E-state index in [9.17, 15) is 8.42 Å². The van der Waals surface area contributed by atoms with E-state index < -0.39 is 10.0 Å². The van der Waals surface area contributed by atoms with E-state index in [0.717, 1.165) is 18.8 Å². The van der Waals surface area contributed by atoms with Crippen LogP contribution in [0.1, 0.15) is 0 Å². The van der Waals surface area contributed by atoms with Gasteiger partial charge >= 0.3 is 0 Å². The predicted molar refractivity (Wildman–Crippen MR) is 97.6 cm³/mol. The van der Waals surface area contributed by atoms with Crippen LogP contribution in [0.3, 0.4) is 0 Å². The molecule has 0 saturated carbocycles. The van der Waals surface area contributed by atoms with Crippen LogP contribution in [0, 0.1) is 0 Å². The number of methoxy groups -OCH3 is 2. The summed E-state index contributed by atoms with van der Waals surface area (Å²) in [6, 6.07) is 7.88. The van der Waals surface area contributed by atoms with E-state index in [1.807, 2.05) is 6.07 Å². The summed E-state index contributed by atoms with van der Waals surface area (Å²) in [5.41, 5.74) is 0.933. The first-order valence-electron chi connectivity index (χ1n) is 8.07. The summed E-state index contributed by atoms with van der Waals surface area (Å²) in [7, 11) is -0.848. The molecule has 1 N–H and O–H groups in total. The predicted octanol–water partition coefficient (Wildman–Crippen LogP) is 1.74. The van der Waals surface area contributed by atoms with Crippen molar-refractivity contribution in [1.29, 1.82) is 0 Å². The van der Waals surface area contributed by atoms with Crippen LogP contribution in [0.5, 0.6) is 11.5 Å². The summed E-state index contributed by atoms with van der Waals surface area (Å²) in [5.74, 6) is 1.04. The SMILES string of the molecule is COc1ccc(S(=O)(=O)Nc2ccc(N3CCOCC3)cn2)cc1OC. The fraction of sp³-hybridized carbons (Fsp3) is 0.353. The molecule has 0 spiro atoms. The van der Waals surface area contributed by atoms with E-state index in [-0.39, 0.29) is 10.7 Å². The lowest BCUT2D eigenvalue weighted by molar-refractivity contribution is 0.122. The van der Waals surface area contributed by atoms with Crippen molar-refractivity contribution < 1.29 is 22.6 Å². The van der Waals surface area contributed by atoms with Gasteiger partial charge < -0.3 is 19.1 Å². The molecule has 0 unspecified atom stereocenters. The van der Waals surface area contributed by atoms with Crippen molar-refractivity contribution in [2.75, 3.05) is 50.1 Å². The van der Waals surface area contributed by atoms with Crippen LogP contribution in [0.4, 0.5) is 11.5 Å². The number of morpholine rings is 1. The molecule has 2 aromatic rings. The van der Waals surface area contributed by atoms with Crippen molar-refractivity contribution in [3.05, 3.63) is 36.5 Å². The van der Waals surface area contributed by atoms with Gasteiger partial charge in [0.2, 0.25) is 0 Å². The lowest BCUT2D eigenvalue weighted by Gasteiger charge is -2.28. The number of nitrogens with zero attached hydrogens (tertiary/aromatic N) is 2. The molecule has 1 saturated heterocycles. The van der Waals surface area contributed by atoms with Gasteiger partial charge in [0.05, 0.1) is 44.2 Å². The van der Waals surface area contributed by atoms with Crippen molar-refractivity contribution >= 4 is 21.5 Å². The summed E-state index contributed by atoms with van der Waals surface area (Å²) < 4.78 is 43.2. The van der Waals surface area contributed by atoms with E-state index in [1.54, 1.807) is 18.3 Å². The van der Waals surface area contributed by atoms with Gasteiger partial charge in [-0.2, -0.15) is 0 Å². The fourth-order valence-corrected chi connectivity index (χ4v) is 3.66. The maximum absolute atomic E-state index is 12.6. The molecule has 0 aliphatic carbocycles. The Kier molecular flexibility index (Phi) is 5.48. The molecular formula is C17H21N3O5S. The molecule has 0 bridgehead atoms. The molecule has 1 aromatic heterocycles. The Morgan fingerprint density at radius 1 is 1.08 bits per heavy atom. The maximum Gasteiger partial charge on any atom is 0.263 e. The standard InChI is InChI=1S/C17H21N3O5S/c1-23-15-5-4-14(11-16(15)24-2)26(21,22)19-17-6-3-13(12-18-17)20-7-9-25-10-8-20/h3-6,11-12H,7-10H2,1-2H3,(H,18,19). The number of hydrogen-bond acceptors (Lipinski definition) is 7. The molecule has 9 heteroatoms. The van der Waals surface area contributed by atoms with Crippen molar-refractivity contribution in [3.63, 3.8) is 0 Å². The maximum atomic E-state index is 12.6. The molecule has 0 amide bonds. The number of nitrogens with one attached hydrogen (secondary N) is 1. The van der Waals surface area contributed by atoms with Gasteiger partial charge in [-0.1, -0.05) is 0 Å². The quantitative estimate of drug-likeness (QED) is 0.817. The molecule has 0 radical (unpaired) electrons. The summed E-state index contributed by atoms with van der Waals surface area (Å²) in [6.45, 7) is 2.93. The summed E-state index contributed by atoms with van der Waals surface area (Å²) in [4.78, 5) is 6.42. The molecule has 1 aliphatic heterocycles. The second-order valence-corrected chi connectivity index (χ2v) is 7.31. The Morgan fingerprint density at radius 2 is 1.81 bits per heavy atom. The number of pyridine rings is 1. The minimum Gasteiger partial charge on any atom is -0.493 e. The zero-order valence-electron chi connectivity index (χ0n) is 14.6. The highest BCUT2D eigenvalue weighted by molar-refractivity contribution is 7.92. The normalized spacial score (nSPS) is 14.8. The van der Waals surface area contributed by atoms with Crippen molar-refractivity contribution in [2.24, 2.45) is 0 Å². The molecule has 140 valence electrons. The molecule has 0 atom stereocenters. The third-order valence-electron chi connectivity index (χ3n) is 4.03. The zero-order valence-corrected chi connectivity index (χ0v) is 15.5. The largest absolute Gasteiger partial charge is 0.493 e. The van der Waals surface area contributed by atoms with Crippen LogP contribution in [0.25, 0.3) is 0 Å². The van der Waals surface area contributed by atoms with Gasteiger partial charge in [-0.05, 0) is 24.3 Å². The van der Waals surface area contributed by atoms with Crippen LogP contribution in [0.15, 0.2) is 41.4 Å². The Labute approximate surface area is 152 Å². The van der Waals surface area contributed by atoms with E-state index in [2.05, 4.69) is 14.6 Å². The lowest BCUT2D eigenvalue weighted by atomic mass is 10.3.